The van der Waals surface area contributed by atoms with Crippen molar-refractivity contribution in [3.8, 4) is 5.75 Å². The average Bonchev–Trinajstić information content (AvgIpc) is 2.50. The third kappa shape index (κ3) is 9.43. The molecular formula is C17H29NO3. The number of hydrogen-bond donors (Lipinski definition) is 0. The van der Waals surface area contributed by atoms with Crippen molar-refractivity contribution < 1.29 is 14.2 Å². The number of ether oxygens (including phenoxy) is 3. The number of aromatic nitrogens is 1. The summed E-state index contributed by atoms with van der Waals surface area (Å²) in [5.41, 5.74) is -0.177. The quantitative estimate of drug-likeness (QED) is 0.549. The molecule has 4 nitrogen and oxygen atoms in total. The molecule has 1 aromatic heterocycles. The van der Waals surface area contributed by atoms with Gasteiger partial charge >= 0.3 is 0 Å². The molecule has 0 unspecified atom stereocenters. The Kier molecular flexibility index (Phi) is 9.02. The van der Waals surface area contributed by atoms with Gasteiger partial charge in [0.25, 0.3) is 0 Å². The molecule has 0 aliphatic carbocycles. The highest BCUT2D eigenvalue weighted by Gasteiger charge is 2.15. The Morgan fingerprint density at radius 2 is 1.76 bits per heavy atom. The van der Waals surface area contributed by atoms with Gasteiger partial charge in [0.15, 0.2) is 0 Å². The molecule has 120 valence electrons. The summed E-state index contributed by atoms with van der Waals surface area (Å²) in [6, 6.07) is 3.83. The summed E-state index contributed by atoms with van der Waals surface area (Å²) in [7, 11) is 1.72. The zero-order chi connectivity index (χ0) is 15.4. The third-order valence-electron chi connectivity index (χ3n) is 3.34. The average molecular weight is 295 g/mol. The van der Waals surface area contributed by atoms with Gasteiger partial charge in [-0.25, -0.2) is 0 Å². The van der Waals surface area contributed by atoms with Crippen molar-refractivity contribution in [3.05, 3.63) is 24.5 Å². The maximum absolute atomic E-state index is 5.62. The van der Waals surface area contributed by atoms with Crippen LogP contribution in [0.1, 0.15) is 46.0 Å². The van der Waals surface area contributed by atoms with Gasteiger partial charge in [0.2, 0.25) is 0 Å². The van der Waals surface area contributed by atoms with E-state index in [4.69, 9.17) is 14.2 Å². The van der Waals surface area contributed by atoms with Crippen LogP contribution in [0.5, 0.6) is 5.75 Å². The van der Waals surface area contributed by atoms with Crippen LogP contribution in [0, 0.1) is 0 Å². The molecular weight excluding hydrogens is 266 g/mol. The Labute approximate surface area is 128 Å². The van der Waals surface area contributed by atoms with Gasteiger partial charge in [0, 0.05) is 19.9 Å². The molecule has 1 rings (SSSR count). The standard InChI is InChI=1S/C17H29NO3/c1-17(2,19-3)15-20-12-7-5-4-6-8-13-21-16-10-9-11-18-14-16/h9-11,14H,4-8,12-13,15H2,1-3H3. The summed E-state index contributed by atoms with van der Waals surface area (Å²) >= 11 is 0. The molecule has 4 heteroatoms. The van der Waals surface area contributed by atoms with Gasteiger partial charge < -0.3 is 14.2 Å². The molecule has 0 fully saturated rings. The Bertz CT molecular complexity index is 354. The second-order valence-electron chi connectivity index (χ2n) is 5.82. The number of unbranched alkanes of at least 4 members (excludes halogenated alkanes) is 4. The van der Waals surface area contributed by atoms with Crippen molar-refractivity contribution in [2.45, 2.75) is 51.6 Å². The van der Waals surface area contributed by atoms with E-state index in [2.05, 4.69) is 4.98 Å². The minimum Gasteiger partial charge on any atom is -0.492 e. The lowest BCUT2D eigenvalue weighted by Crippen LogP contribution is -2.29. The van der Waals surface area contributed by atoms with Gasteiger partial charge in [-0.3, -0.25) is 4.98 Å². The van der Waals surface area contributed by atoms with Crippen LogP contribution < -0.4 is 4.74 Å². The molecule has 0 N–H and O–H groups in total. The number of nitrogens with zero attached hydrogens (tertiary/aromatic N) is 1. The van der Waals surface area contributed by atoms with Gasteiger partial charge in [-0.2, -0.15) is 0 Å². The Balaban J connectivity index is 1.85. The molecule has 0 aliphatic rings. The molecule has 0 saturated heterocycles. The number of methoxy groups -OCH3 is 1. The van der Waals surface area contributed by atoms with E-state index in [1.165, 1.54) is 19.3 Å². The first-order chi connectivity index (χ1) is 10.1. The fourth-order valence-corrected chi connectivity index (χ4v) is 1.84. The molecule has 0 atom stereocenters. The number of pyridine rings is 1. The van der Waals surface area contributed by atoms with E-state index < -0.39 is 0 Å². The van der Waals surface area contributed by atoms with Gasteiger partial charge in [-0.1, -0.05) is 19.3 Å². The van der Waals surface area contributed by atoms with Crippen molar-refractivity contribution in [2.75, 3.05) is 26.9 Å². The van der Waals surface area contributed by atoms with Crippen molar-refractivity contribution in [1.29, 1.82) is 0 Å². The molecule has 0 amide bonds. The zero-order valence-corrected chi connectivity index (χ0v) is 13.6. The monoisotopic (exact) mass is 295 g/mol. The molecule has 0 saturated carbocycles. The lowest BCUT2D eigenvalue weighted by atomic mass is 10.1. The molecule has 0 spiro atoms. The predicted molar refractivity (Wildman–Crippen MR) is 84.7 cm³/mol. The highest BCUT2D eigenvalue weighted by molar-refractivity contribution is 5.15. The third-order valence-corrected chi connectivity index (χ3v) is 3.34. The second kappa shape index (κ2) is 10.6. The maximum atomic E-state index is 5.62. The van der Waals surface area contributed by atoms with Crippen LogP contribution in [0.15, 0.2) is 24.5 Å². The SMILES string of the molecule is COC(C)(C)COCCCCCCCOc1cccnc1. The minimum absolute atomic E-state index is 0.177. The summed E-state index contributed by atoms with van der Waals surface area (Å²) < 4.78 is 16.5. The van der Waals surface area contributed by atoms with Crippen LogP contribution in [0.2, 0.25) is 0 Å². The van der Waals surface area contributed by atoms with E-state index >= 15 is 0 Å². The fourth-order valence-electron chi connectivity index (χ4n) is 1.84. The van der Waals surface area contributed by atoms with E-state index in [0.717, 1.165) is 31.8 Å². The largest absolute Gasteiger partial charge is 0.492 e. The fraction of sp³-hybridized carbons (Fsp3) is 0.706. The van der Waals surface area contributed by atoms with E-state index in [1.54, 1.807) is 19.5 Å². The van der Waals surface area contributed by atoms with Crippen LogP contribution in [-0.4, -0.2) is 37.5 Å². The van der Waals surface area contributed by atoms with Gasteiger partial charge in [-0.05, 0) is 38.8 Å². The highest BCUT2D eigenvalue weighted by atomic mass is 16.5. The predicted octanol–water partition coefficient (Wildman–Crippen LogP) is 3.85. The summed E-state index contributed by atoms with van der Waals surface area (Å²) in [6.07, 6.45) is 9.34. The summed E-state index contributed by atoms with van der Waals surface area (Å²) in [5.74, 6) is 0.853. The summed E-state index contributed by atoms with van der Waals surface area (Å²) in [5, 5.41) is 0. The summed E-state index contributed by atoms with van der Waals surface area (Å²) in [4.78, 5) is 4.02. The number of hydrogen-bond acceptors (Lipinski definition) is 4. The molecule has 1 aromatic rings. The first-order valence-electron chi connectivity index (χ1n) is 7.80. The molecule has 0 aliphatic heterocycles. The molecule has 0 bridgehead atoms. The van der Waals surface area contributed by atoms with Crippen LogP contribution in [0.3, 0.4) is 0 Å². The van der Waals surface area contributed by atoms with E-state index in [1.807, 2.05) is 26.0 Å². The zero-order valence-electron chi connectivity index (χ0n) is 13.6. The normalized spacial score (nSPS) is 11.6. The van der Waals surface area contributed by atoms with Crippen LogP contribution in [0.4, 0.5) is 0 Å². The lowest BCUT2D eigenvalue weighted by Gasteiger charge is -2.22. The van der Waals surface area contributed by atoms with Crippen molar-refractivity contribution >= 4 is 0 Å². The maximum Gasteiger partial charge on any atom is 0.137 e. The minimum atomic E-state index is -0.177. The summed E-state index contributed by atoms with van der Waals surface area (Å²) in [6.45, 7) is 6.32. The van der Waals surface area contributed by atoms with E-state index in [0.29, 0.717) is 6.61 Å². The van der Waals surface area contributed by atoms with E-state index in [-0.39, 0.29) is 5.60 Å². The topological polar surface area (TPSA) is 40.6 Å². The Morgan fingerprint density at radius 3 is 2.43 bits per heavy atom. The molecule has 0 radical (unpaired) electrons. The van der Waals surface area contributed by atoms with Crippen molar-refractivity contribution in [2.24, 2.45) is 0 Å². The van der Waals surface area contributed by atoms with Crippen LogP contribution >= 0.6 is 0 Å². The van der Waals surface area contributed by atoms with Gasteiger partial charge in [0.05, 0.1) is 25.0 Å². The van der Waals surface area contributed by atoms with Crippen molar-refractivity contribution in [3.63, 3.8) is 0 Å². The second-order valence-corrected chi connectivity index (χ2v) is 5.82. The first kappa shape index (κ1) is 17.9. The van der Waals surface area contributed by atoms with Crippen molar-refractivity contribution in [1.82, 2.24) is 4.98 Å². The number of rotatable bonds is 12. The molecule has 21 heavy (non-hydrogen) atoms. The van der Waals surface area contributed by atoms with Crippen LogP contribution in [-0.2, 0) is 9.47 Å². The Hall–Kier alpha value is -1.13. The molecule has 1 heterocycles. The Morgan fingerprint density at radius 1 is 1.05 bits per heavy atom. The lowest BCUT2D eigenvalue weighted by molar-refractivity contribution is -0.0512. The van der Waals surface area contributed by atoms with Crippen LogP contribution in [0.25, 0.3) is 0 Å². The van der Waals surface area contributed by atoms with Gasteiger partial charge in [0.1, 0.15) is 5.75 Å². The van der Waals surface area contributed by atoms with E-state index in [9.17, 15) is 0 Å². The van der Waals surface area contributed by atoms with Gasteiger partial charge in [-0.15, -0.1) is 0 Å². The first-order valence-corrected chi connectivity index (χ1v) is 7.80. The molecule has 0 aromatic carbocycles. The smallest absolute Gasteiger partial charge is 0.137 e. The highest BCUT2D eigenvalue weighted by Crippen LogP contribution is 2.10.